The molecule has 0 heterocycles. The van der Waals surface area contributed by atoms with Gasteiger partial charge in [-0.25, -0.2) is 0 Å². The molecule has 2 atom stereocenters. The van der Waals surface area contributed by atoms with Gasteiger partial charge in [0.2, 0.25) is 0 Å². The number of methoxy groups -OCH3 is 1. The zero-order valence-electron chi connectivity index (χ0n) is 8.35. The fourth-order valence-electron chi connectivity index (χ4n) is 1.52. The zero-order chi connectivity index (χ0) is 8.85. The molecular weight excluding hydrogens is 138 g/mol. The van der Waals surface area contributed by atoms with Crippen molar-refractivity contribution in [3.8, 4) is 0 Å². The summed E-state index contributed by atoms with van der Waals surface area (Å²) in [6.07, 6.45) is 1.42. The number of rotatable bonds is 5. The number of likely N-dealkylation sites (N-methyl/N-ethyl adjacent to an activating group) is 1. The van der Waals surface area contributed by atoms with E-state index >= 15 is 0 Å². The largest absolute Gasteiger partial charge is 0.380 e. The van der Waals surface area contributed by atoms with Gasteiger partial charge in [0, 0.05) is 13.2 Å². The first-order valence-corrected chi connectivity index (χ1v) is 4.37. The fourth-order valence-corrected chi connectivity index (χ4v) is 1.52. The molecule has 0 amide bonds. The van der Waals surface area contributed by atoms with E-state index in [2.05, 4.69) is 26.1 Å². The van der Waals surface area contributed by atoms with Crippen molar-refractivity contribution in [3.63, 3.8) is 0 Å². The second kappa shape index (κ2) is 5.56. The zero-order valence-corrected chi connectivity index (χ0v) is 8.35. The summed E-state index contributed by atoms with van der Waals surface area (Å²) in [6, 6.07) is 0.477. The van der Waals surface area contributed by atoms with Crippen molar-refractivity contribution >= 4 is 0 Å². The molecule has 0 aliphatic carbocycles. The third-order valence-corrected chi connectivity index (χ3v) is 2.16. The van der Waals surface area contributed by atoms with Crippen LogP contribution in [-0.2, 0) is 4.74 Å². The van der Waals surface area contributed by atoms with Crippen LogP contribution in [0.4, 0.5) is 0 Å². The second-order valence-corrected chi connectivity index (χ2v) is 3.24. The molecule has 0 bridgehead atoms. The molecular formula is C9H21NO. The summed E-state index contributed by atoms with van der Waals surface area (Å²) in [5.41, 5.74) is 0. The van der Waals surface area contributed by atoms with E-state index in [0.717, 1.165) is 6.42 Å². The van der Waals surface area contributed by atoms with Gasteiger partial charge in [-0.1, -0.05) is 20.8 Å². The summed E-state index contributed by atoms with van der Waals surface area (Å²) in [6.45, 7) is 6.58. The van der Waals surface area contributed by atoms with Crippen molar-refractivity contribution < 1.29 is 4.74 Å². The molecule has 0 spiro atoms. The van der Waals surface area contributed by atoms with E-state index in [4.69, 9.17) is 4.74 Å². The normalized spacial score (nSPS) is 16.9. The lowest BCUT2D eigenvalue weighted by Crippen LogP contribution is -2.42. The number of ether oxygens (including phenoxy) is 1. The van der Waals surface area contributed by atoms with Gasteiger partial charge < -0.3 is 10.1 Å². The Labute approximate surface area is 70.3 Å². The van der Waals surface area contributed by atoms with E-state index in [0.29, 0.717) is 18.1 Å². The first-order valence-electron chi connectivity index (χ1n) is 4.37. The van der Waals surface area contributed by atoms with Crippen LogP contribution in [0.3, 0.4) is 0 Å². The van der Waals surface area contributed by atoms with E-state index in [-0.39, 0.29) is 0 Å². The molecule has 0 aromatic carbocycles. The number of hydrogen-bond donors (Lipinski definition) is 1. The van der Waals surface area contributed by atoms with E-state index in [1.807, 2.05) is 7.05 Å². The molecule has 0 rings (SSSR count). The van der Waals surface area contributed by atoms with Gasteiger partial charge in [0.05, 0.1) is 6.10 Å². The summed E-state index contributed by atoms with van der Waals surface area (Å²) in [4.78, 5) is 0. The molecule has 0 aromatic rings. The molecule has 0 aromatic heterocycles. The molecule has 11 heavy (non-hydrogen) atoms. The van der Waals surface area contributed by atoms with E-state index in [1.165, 1.54) is 0 Å². The Bertz CT molecular complexity index is 89.6. The lowest BCUT2D eigenvalue weighted by molar-refractivity contribution is 0.0529. The summed E-state index contributed by atoms with van der Waals surface area (Å²) >= 11 is 0. The molecule has 68 valence electrons. The van der Waals surface area contributed by atoms with Crippen molar-refractivity contribution in [3.05, 3.63) is 0 Å². The highest BCUT2D eigenvalue weighted by Gasteiger charge is 2.20. The summed E-state index contributed by atoms with van der Waals surface area (Å²) in [5.74, 6) is 0.630. The predicted molar refractivity (Wildman–Crippen MR) is 48.8 cm³/mol. The lowest BCUT2D eigenvalue weighted by atomic mass is 9.97. The van der Waals surface area contributed by atoms with E-state index in [1.54, 1.807) is 7.11 Å². The number of nitrogens with one attached hydrogen (secondary N) is 1. The minimum atomic E-state index is 0.347. The van der Waals surface area contributed by atoms with Gasteiger partial charge in [0.25, 0.3) is 0 Å². The molecule has 1 N–H and O–H groups in total. The highest BCUT2D eigenvalue weighted by molar-refractivity contribution is 4.77. The maximum absolute atomic E-state index is 5.35. The lowest BCUT2D eigenvalue weighted by Gasteiger charge is -2.27. The van der Waals surface area contributed by atoms with Gasteiger partial charge in [-0.3, -0.25) is 0 Å². The Hall–Kier alpha value is -0.0800. The van der Waals surface area contributed by atoms with Crippen molar-refractivity contribution in [2.24, 2.45) is 5.92 Å². The topological polar surface area (TPSA) is 21.3 Å². The van der Waals surface area contributed by atoms with Crippen LogP contribution >= 0.6 is 0 Å². The van der Waals surface area contributed by atoms with Crippen LogP contribution in [-0.4, -0.2) is 26.3 Å². The molecule has 0 aliphatic heterocycles. The molecule has 2 heteroatoms. The smallest absolute Gasteiger partial charge is 0.0724 e. The van der Waals surface area contributed by atoms with Crippen molar-refractivity contribution in [2.75, 3.05) is 14.2 Å². The van der Waals surface area contributed by atoms with Crippen LogP contribution in [0.25, 0.3) is 0 Å². The Morgan fingerprint density at radius 3 is 2.00 bits per heavy atom. The molecule has 0 saturated heterocycles. The van der Waals surface area contributed by atoms with Gasteiger partial charge in [-0.05, 0) is 19.4 Å². The Morgan fingerprint density at radius 1 is 1.36 bits per heavy atom. The van der Waals surface area contributed by atoms with E-state index < -0.39 is 0 Å². The average Bonchev–Trinajstić information content (AvgIpc) is 1.99. The van der Waals surface area contributed by atoms with Crippen LogP contribution < -0.4 is 5.32 Å². The molecule has 2 nitrogen and oxygen atoms in total. The first-order chi connectivity index (χ1) is 5.17. The maximum atomic E-state index is 5.35. The predicted octanol–water partition coefficient (Wildman–Crippen LogP) is 1.66. The highest BCUT2D eigenvalue weighted by Crippen LogP contribution is 2.11. The first kappa shape index (κ1) is 10.9. The van der Waals surface area contributed by atoms with Crippen LogP contribution in [0, 0.1) is 5.92 Å². The summed E-state index contributed by atoms with van der Waals surface area (Å²) in [7, 11) is 3.77. The Kier molecular flexibility index (Phi) is 5.51. The Morgan fingerprint density at radius 2 is 1.91 bits per heavy atom. The van der Waals surface area contributed by atoms with Gasteiger partial charge in [-0.15, -0.1) is 0 Å². The quantitative estimate of drug-likeness (QED) is 0.658. The van der Waals surface area contributed by atoms with Crippen LogP contribution in [0.2, 0.25) is 0 Å². The van der Waals surface area contributed by atoms with Crippen LogP contribution in [0.15, 0.2) is 0 Å². The van der Waals surface area contributed by atoms with Crippen LogP contribution in [0.1, 0.15) is 27.2 Å². The van der Waals surface area contributed by atoms with Gasteiger partial charge in [-0.2, -0.15) is 0 Å². The standard InChI is InChI=1S/C9H21NO/c1-6-8(11-5)9(10-4)7(2)3/h7-10H,6H2,1-5H3. The van der Waals surface area contributed by atoms with Gasteiger partial charge in [0.1, 0.15) is 0 Å². The second-order valence-electron chi connectivity index (χ2n) is 3.24. The minimum absolute atomic E-state index is 0.347. The van der Waals surface area contributed by atoms with Gasteiger partial charge in [0.15, 0.2) is 0 Å². The summed E-state index contributed by atoms with van der Waals surface area (Å²) in [5, 5.41) is 3.28. The maximum Gasteiger partial charge on any atom is 0.0724 e. The third-order valence-electron chi connectivity index (χ3n) is 2.16. The summed E-state index contributed by atoms with van der Waals surface area (Å²) < 4.78 is 5.35. The van der Waals surface area contributed by atoms with E-state index in [9.17, 15) is 0 Å². The molecule has 0 saturated carbocycles. The number of hydrogen-bond acceptors (Lipinski definition) is 2. The molecule has 0 aliphatic rings. The minimum Gasteiger partial charge on any atom is -0.380 e. The van der Waals surface area contributed by atoms with Gasteiger partial charge >= 0.3 is 0 Å². The monoisotopic (exact) mass is 159 g/mol. The molecule has 0 fully saturated rings. The van der Waals surface area contributed by atoms with Crippen molar-refractivity contribution in [1.29, 1.82) is 0 Å². The van der Waals surface area contributed by atoms with Crippen molar-refractivity contribution in [1.82, 2.24) is 5.32 Å². The molecule has 0 radical (unpaired) electrons. The van der Waals surface area contributed by atoms with Crippen molar-refractivity contribution in [2.45, 2.75) is 39.3 Å². The molecule has 2 unspecified atom stereocenters. The average molecular weight is 159 g/mol. The SMILES string of the molecule is CCC(OC)C(NC)C(C)C. The van der Waals surface area contributed by atoms with Crippen LogP contribution in [0.5, 0.6) is 0 Å². The third kappa shape index (κ3) is 3.21. The Balaban J connectivity index is 3.98. The highest BCUT2D eigenvalue weighted by atomic mass is 16.5. The fraction of sp³-hybridized carbons (Fsp3) is 1.00.